The van der Waals surface area contributed by atoms with E-state index in [1.165, 1.54) is 29.3 Å². The van der Waals surface area contributed by atoms with Crippen LogP contribution in [0.15, 0.2) is 60.7 Å². The lowest BCUT2D eigenvalue weighted by atomic mass is 9.62. The molecule has 6 heteroatoms. The second-order valence-electron chi connectivity index (χ2n) is 11.9. The summed E-state index contributed by atoms with van der Waals surface area (Å²) in [6.45, 7) is 9.66. The first-order chi connectivity index (χ1) is 18.3. The topological polar surface area (TPSA) is 89.9 Å². The fraction of sp³-hybridized carbons (Fsp3) is 0.333. The normalized spacial score (nSPS) is 15.5. The maximum atomic E-state index is 13.4. The molecule has 0 saturated carbocycles. The van der Waals surface area contributed by atoms with Crippen LogP contribution in [0.4, 0.5) is 11.4 Å². The highest BCUT2D eigenvalue weighted by atomic mass is 16.4. The van der Waals surface area contributed by atoms with Crippen LogP contribution in [0.5, 0.6) is 5.75 Å². The van der Waals surface area contributed by atoms with Crippen LogP contribution in [0.1, 0.15) is 83.5 Å². The van der Waals surface area contributed by atoms with Gasteiger partial charge in [-0.2, -0.15) is 0 Å². The van der Waals surface area contributed by atoms with Gasteiger partial charge in [0.25, 0.3) is 0 Å². The molecule has 0 amide bonds. The minimum atomic E-state index is -1.20. The molecule has 0 radical (unpaired) electrons. The van der Waals surface area contributed by atoms with Crippen LogP contribution in [0, 0.1) is 0 Å². The molecule has 3 N–H and O–H groups in total. The number of carbonyl (C=O) groups is 2. The smallest absolute Gasteiger partial charge is 0.339 e. The molecule has 0 heterocycles. The molecule has 0 spiro atoms. The summed E-state index contributed by atoms with van der Waals surface area (Å²) in [7, 11) is 4.04. The zero-order valence-corrected chi connectivity index (χ0v) is 23.6. The monoisotopic (exact) mass is 526 g/mol. The van der Waals surface area contributed by atoms with E-state index in [9.17, 15) is 14.7 Å². The molecule has 3 aromatic rings. The summed E-state index contributed by atoms with van der Waals surface area (Å²) < 4.78 is 0. The molecule has 0 bridgehead atoms. The van der Waals surface area contributed by atoms with E-state index in [4.69, 9.17) is 5.11 Å². The Bertz CT molecular complexity index is 1430. The number of aromatic hydroxyl groups is 1. The Hall–Kier alpha value is -4.06. The van der Waals surface area contributed by atoms with Crippen molar-refractivity contribution in [1.82, 2.24) is 0 Å². The molecule has 0 atom stereocenters. The molecule has 6 nitrogen and oxygen atoms in total. The predicted octanol–water partition coefficient (Wildman–Crippen LogP) is 7.01. The molecule has 1 aliphatic carbocycles. The Morgan fingerprint density at radius 3 is 2.23 bits per heavy atom. The molecule has 4 rings (SSSR count). The van der Waals surface area contributed by atoms with Gasteiger partial charge in [-0.05, 0) is 88.4 Å². The van der Waals surface area contributed by atoms with Crippen LogP contribution < -0.4 is 10.2 Å². The molecule has 1 aliphatic rings. The fourth-order valence-corrected chi connectivity index (χ4v) is 5.28. The van der Waals surface area contributed by atoms with Crippen molar-refractivity contribution in [1.29, 1.82) is 0 Å². The zero-order chi connectivity index (χ0) is 28.5. The van der Waals surface area contributed by atoms with Crippen LogP contribution in [0.3, 0.4) is 0 Å². The standard InChI is InChI=1S/C33H38N2O4/c1-32(2)15-16-33(3,4)30-26(32)18-23(19-27(30)34-20-22-7-11-24(12-8-22)35(5)6)28(36)14-10-21-9-13-25(31(38)39)29(37)17-21/h7-14,17-19,34,37H,15-16,20H2,1-6H3,(H,38,39)/b14-10+. The number of rotatable bonds is 8. The van der Waals surface area contributed by atoms with Gasteiger partial charge in [-0.15, -0.1) is 0 Å². The van der Waals surface area contributed by atoms with E-state index < -0.39 is 5.97 Å². The maximum Gasteiger partial charge on any atom is 0.339 e. The number of carboxylic acids is 1. The lowest BCUT2D eigenvalue weighted by Gasteiger charge is -2.43. The second-order valence-corrected chi connectivity index (χ2v) is 11.9. The van der Waals surface area contributed by atoms with Gasteiger partial charge >= 0.3 is 5.97 Å². The first-order valence-electron chi connectivity index (χ1n) is 13.3. The molecule has 0 saturated heterocycles. The van der Waals surface area contributed by atoms with Crippen LogP contribution in [-0.4, -0.2) is 36.1 Å². The number of fused-ring (bicyclic) bond motifs is 1. The molecule has 0 aliphatic heterocycles. The van der Waals surface area contributed by atoms with Gasteiger partial charge in [-0.1, -0.05) is 52.0 Å². The molecule has 204 valence electrons. The van der Waals surface area contributed by atoms with Crippen molar-refractivity contribution in [2.24, 2.45) is 0 Å². The second kappa shape index (κ2) is 10.6. The lowest BCUT2D eigenvalue weighted by molar-refractivity contribution is 0.0693. The van der Waals surface area contributed by atoms with Crippen molar-refractivity contribution in [3.8, 4) is 5.75 Å². The van der Waals surface area contributed by atoms with Gasteiger partial charge in [0.05, 0.1) is 0 Å². The summed E-state index contributed by atoms with van der Waals surface area (Å²) in [5.74, 6) is -1.69. The third-order valence-electron chi connectivity index (χ3n) is 7.82. The van der Waals surface area contributed by atoms with Crippen LogP contribution >= 0.6 is 0 Å². The van der Waals surface area contributed by atoms with Crippen molar-refractivity contribution in [2.45, 2.75) is 57.9 Å². The molecule has 0 aromatic heterocycles. The zero-order valence-electron chi connectivity index (χ0n) is 23.6. The van der Waals surface area contributed by atoms with Crippen molar-refractivity contribution in [3.63, 3.8) is 0 Å². The number of benzene rings is 3. The van der Waals surface area contributed by atoms with E-state index in [1.54, 1.807) is 12.1 Å². The Morgan fingerprint density at radius 1 is 0.949 bits per heavy atom. The van der Waals surface area contributed by atoms with Gasteiger partial charge in [0.2, 0.25) is 0 Å². The molecular weight excluding hydrogens is 488 g/mol. The average Bonchev–Trinajstić information content (AvgIpc) is 2.88. The fourth-order valence-electron chi connectivity index (χ4n) is 5.28. The van der Waals surface area contributed by atoms with Crippen molar-refractivity contribution in [2.75, 3.05) is 24.3 Å². The number of nitrogens with zero attached hydrogens (tertiary/aromatic N) is 1. The number of carboxylic acid groups (broad SMARTS) is 1. The Balaban J connectivity index is 1.69. The third-order valence-corrected chi connectivity index (χ3v) is 7.82. The molecule has 0 fully saturated rings. The van der Waals surface area contributed by atoms with Crippen LogP contribution in [-0.2, 0) is 17.4 Å². The van der Waals surface area contributed by atoms with Crippen molar-refractivity contribution < 1.29 is 19.8 Å². The summed E-state index contributed by atoms with van der Waals surface area (Å²) in [4.78, 5) is 26.6. The van der Waals surface area contributed by atoms with Gasteiger partial charge in [-0.3, -0.25) is 4.79 Å². The first kappa shape index (κ1) is 28.0. The van der Waals surface area contributed by atoms with Crippen LogP contribution in [0.25, 0.3) is 6.08 Å². The van der Waals surface area contributed by atoms with Gasteiger partial charge in [-0.25, -0.2) is 4.79 Å². The van der Waals surface area contributed by atoms with E-state index in [2.05, 4.69) is 62.2 Å². The number of aromatic carboxylic acids is 1. The Labute approximate surface area is 231 Å². The predicted molar refractivity (Wildman–Crippen MR) is 158 cm³/mol. The summed E-state index contributed by atoms with van der Waals surface area (Å²) in [6, 6.07) is 16.7. The quantitative estimate of drug-likeness (QED) is 0.216. The third kappa shape index (κ3) is 6.00. The number of hydrogen-bond donors (Lipinski definition) is 3. The largest absolute Gasteiger partial charge is 0.507 e. The number of nitrogens with one attached hydrogen (secondary N) is 1. The molecule has 3 aromatic carbocycles. The molecule has 0 unspecified atom stereocenters. The maximum absolute atomic E-state index is 13.4. The summed E-state index contributed by atoms with van der Waals surface area (Å²) >= 11 is 0. The molecule has 39 heavy (non-hydrogen) atoms. The van der Waals surface area contributed by atoms with E-state index in [1.807, 2.05) is 26.2 Å². The van der Waals surface area contributed by atoms with Crippen LogP contribution in [0.2, 0.25) is 0 Å². The number of carbonyl (C=O) groups excluding carboxylic acids is 1. The van der Waals surface area contributed by atoms with E-state index >= 15 is 0 Å². The van der Waals surface area contributed by atoms with E-state index in [-0.39, 0.29) is 27.9 Å². The Morgan fingerprint density at radius 2 is 1.62 bits per heavy atom. The van der Waals surface area contributed by atoms with Gasteiger partial charge < -0.3 is 20.4 Å². The highest BCUT2D eigenvalue weighted by Crippen LogP contribution is 2.49. The average molecular weight is 527 g/mol. The number of hydrogen-bond acceptors (Lipinski definition) is 5. The highest BCUT2D eigenvalue weighted by molar-refractivity contribution is 6.07. The number of ketones is 1. The minimum Gasteiger partial charge on any atom is -0.507 e. The molecular formula is C33H38N2O4. The number of phenols is 1. The lowest BCUT2D eigenvalue weighted by Crippen LogP contribution is -2.35. The van der Waals surface area contributed by atoms with Gasteiger partial charge in [0, 0.05) is 37.6 Å². The number of anilines is 2. The Kier molecular flexibility index (Phi) is 7.60. The summed E-state index contributed by atoms with van der Waals surface area (Å²) in [5.41, 5.74) is 6.57. The van der Waals surface area contributed by atoms with E-state index in [0.29, 0.717) is 17.7 Å². The summed E-state index contributed by atoms with van der Waals surface area (Å²) in [6.07, 6.45) is 5.16. The minimum absolute atomic E-state index is 0.0389. The number of allylic oxidation sites excluding steroid dienone is 1. The van der Waals surface area contributed by atoms with E-state index in [0.717, 1.165) is 29.8 Å². The van der Waals surface area contributed by atoms with Gasteiger partial charge in [0.15, 0.2) is 5.78 Å². The van der Waals surface area contributed by atoms with Crippen molar-refractivity contribution >= 4 is 29.2 Å². The first-order valence-corrected chi connectivity index (χ1v) is 13.3. The SMILES string of the molecule is CN(C)c1ccc(CNc2cc(C(=O)/C=C/c3ccc(C(=O)O)c(O)c3)cc3c2C(C)(C)CCC3(C)C)cc1. The van der Waals surface area contributed by atoms with Gasteiger partial charge in [0.1, 0.15) is 11.3 Å². The summed E-state index contributed by atoms with van der Waals surface area (Å²) in [5, 5.41) is 22.8. The van der Waals surface area contributed by atoms with Crippen molar-refractivity contribution in [3.05, 3.63) is 94.1 Å². The highest BCUT2D eigenvalue weighted by Gasteiger charge is 2.39.